The molecule has 0 fully saturated rings. The molecule has 47 heavy (non-hydrogen) atoms. The van der Waals surface area contributed by atoms with Crippen molar-refractivity contribution in [1.82, 2.24) is 24.9 Å². The van der Waals surface area contributed by atoms with E-state index in [1.54, 1.807) is 0 Å². The Morgan fingerprint density at radius 2 is 0.851 bits per heavy atom. The minimum Gasteiger partial charge on any atom is -0.228 e. The van der Waals surface area contributed by atoms with Crippen molar-refractivity contribution in [2.45, 2.75) is 0 Å². The SMILES string of the molecule is Clc1ccc(-c2nc(-c3ccccc3)nc(-c3ccccc3)n2)c(-c2cccc(-c3nc(-c4ccccc4)nc4ccccc34)c2)c1. The Labute approximate surface area is 277 Å². The molecule has 6 aromatic carbocycles. The summed E-state index contributed by atoms with van der Waals surface area (Å²) in [5, 5.41) is 1.60. The molecule has 6 heteroatoms. The topological polar surface area (TPSA) is 64.5 Å². The molecule has 0 atom stereocenters. The number of fused-ring (bicyclic) bond motifs is 1. The summed E-state index contributed by atoms with van der Waals surface area (Å²) in [6, 6.07) is 52.3. The van der Waals surface area contributed by atoms with Crippen molar-refractivity contribution in [2.75, 3.05) is 0 Å². The van der Waals surface area contributed by atoms with Crippen molar-refractivity contribution in [3.8, 4) is 67.9 Å². The molecule has 0 saturated carbocycles. The van der Waals surface area contributed by atoms with E-state index < -0.39 is 0 Å². The molecule has 0 N–H and O–H groups in total. The van der Waals surface area contributed by atoms with Crippen LogP contribution in [-0.4, -0.2) is 24.9 Å². The van der Waals surface area contributed by atoms with Crippen LogP contribution in [0.25, 0.3) is 78.8 Å². The number of para-hydroxylation sites is 1. The molecule has 0 saturated heterocycles. The van der Waals surface area contributed by atoms with Crippen molar-refractivity contribution in [1.29, 1.82) is 0 Å². The first-order valence-corrected chi connectivity index (χ1v) is 15.7. The number of hydrogen-bond acceptors (Lipinski definition) is 5. The van der Waals surface area contributed by atoms with E-state index in [0.29, 0.717) is 28.3 Å². The van der Waals surface area contributed by atoms with E-state index in [1.807, 2.05) is 133 Å². The third-order valence-corrected chi connectivity index (χ3v) is 8.24. The van der Waals surface area contributed by atoms with Gasteiger partial charge in [0.25, 0.3) is 0 Å². The molecular weight excluding hydrogens is 598 g/mol. The molecule has 0 aliphatic carbocycles. The molecule has 0 amide bonds. The normalized spacial score (nSPS) is 11.1. The predicted molar refractivity (Wildman–Crippen MR) is 191 cm³/mol. The standard InChI is InChI=1S/C41H26ClN5/c42-32-23-24-33(41-46-39(28-15-6-2-7-16-28)45-40(47-41)29-17-8-3-9-18-29)35(26-32)30-19-12-20-31(25-30)37-34-21-10-11-22-36(34)43-38(44-37)27-13-4-1-5-14-27/h1-26H. The molecule has 8 rings (SSSR count). The van der Waals surface area contributed by atoms with E-state index in [2.05, 4.69) is 24.3 Å². The van der Waals surface area contributed by atoms with Gasteiger partial charge in [0.15, 0.2) is 23.3 Å². The third-order valence-electron chi connectivity index (χ3n) is 8.00. The fraction of sp³-hybridized carbons (Fsp3) is 0. The molecule has 5 nitrogen and oxygen atoms in total. The fourth-order valence-electron chi connectivity index (χ4n) is 5.73. The lowest BCUT2D eigenvalue weighted by Crippen LogP contribution is -2.01. The lowest BCUT2D eigenvalue weighted by Gasteiger charge is -2.14. The summed E-state index contributed by atoms with van der Waals surface area (Å²) in [4.78, 5) is 24.9. The Bertz CT molecular complexity index is 2300. The van der Waals surface area contributed by atoms with E-state index >= 15 is 0 Å². The summed E-state index contributed by atoms with van der Waals surface area (Å²) in [6.07, 6.45) is 0. The van der Waals surface area contributed by atoms with Gasteiger partial charge in [0, 0.05) is 38.2 Å². The highest BCUT2D eigenvalue weighted by molar-refractivity contribution is 6.31. The minimum atomic E-state index is 0.564. The van der Waals surface area contributed by atoms with Gasteiger partial charge in [-0.3, -0.25) is 0 Å². The van der Waals surface area contributed by atoms with Crippen LogP contribution < -0.4 is 0 Å². The Morgan fingerprint density at radius 3 is 1.49 bits per heavy atom. The zero-order valence-corrected chi connectivity index (χ0v) is 25.9. The Morgan fingerprint density at radius 1 is 0.340 bits per heavy atom. The molecule has 0 radical (unpaired) electrons. The summed E-state index contributed by atoms with van der Waals surface area (Å²) in [6.45, 7) is 0. The number of benzene rings is 6. The lowest BCUT2D eigenvalue weighted by molar-refractivity contribution is 1.07. The van der Waals surface area contributed by atoms with Crippen LogP contribution in [0.4, 0.5) is 0 Å². The van der Waals surface area contributed by atoms with Gasteiger partial charge in [-0.15, -0.1) is 0 Å². The van der Waals surface area contributed by atoms with Crippen LogP contribution in [0.2, 0.25) is 5.02 Å². The van der Waals surface area contributed by atoms with Crippen LogP contribution >= 0.6 is 11.6 Å². The quantitative estimate of drug-likeness (QED) is 0.184. The number of hydrogen-bond donors (Lipinski definition) is 0. The first-order chi connectivity index (χ1) is 23.2. The largest absolute Gasteiger partial charge is 0.228 e. The molecular formula is C41H26ClN5. The summed E-state index contributed by atoms with van der Waals surface area (Å²) >= 11 is 6.66. The van der Waals surface area contributed by atoms with Crippen LogP contribution in [0, 0.1) is 0 Å². The molecule has 0 spiro atoms. The highest BCUT2D eigenvalue weighted by Gasteiger charge is 2.18. The fourth-order valence-corrected chi connectivity index (χ4v) is 5.90. The van der Waals surface area contributed by atoms with Crippen molar-refractivity contribution in [3.63, 3.8) is 0 Å². The number of halogens is 1. The van der Waals surface area contributed by atoms with Gasteiger partial charge < -0.3 is 0 Å². The van der Waals surface area contributed by atoms with Gasteiger partial charge >= 0.3 is 0 Å². The molecule has 0 unspecified atom stereocenters. The second kappa shape index (κ2) is 12.4. The van der Waals surface area contributed by atoms with Crippen LogP contribution in [-0.2, 0) is 0 Å². The monoisotopic (exact) mass is 623 g/mol. The molecule has 2 heterocycles. The summed E-state index contributed by atoms with van der Waals surface area (Å²) in [7, 11) is 0. The summed E-state index contributed by atoms with van der Waals surface area (Å²) < 4.78 is 0. The second-order valence-corrected chi connectivity index (χ2v) is 11.5. The smallest absolute Gasteiger partial charge is 0.164 e. The average Bonchev–Trinajstić information content (AvgIpc) is 3.15. The lowest BCUT2D eigenvalue weighted by atomic mass is 9.95. The van der Waals surface area contributed by atoms with E-state index in [9.17, 15) is 0 Å². The molecule has 222 valence electrons. The van der Waals surface area contributed by atoms with Gasteiger partial charge in [0.2, 0.25) is 0 Å². The zero-order chi connectivity index (χ0) is 31.6. The van der Waals surface area contributed by atoms with Crippen molar-refractivity contribution in [3.05, 3.63) is 163 Å². The number of aromatic nitrogens is 5. The van der Waals surface area contributed by atoms with E-state index in [0.717, 1.165) is 55.5 Å². The summed E-state index contributed by atoms with van der Waals surface area (Å²) in [5.74, 6) is 2.45. The van der Waals surface area contributed by atoms with Gasteiger partial charge in [-0.05, 0) is 41.5 Å². The predicted octanol–water partition coefficient (Wildman–Crippen LogP) is 10.5. The molecule has 0 aliphatic heterocycles. The molecule has 8 aromatic rings. The van der Waals surface area contributed by atoms with Crippen molar-refractivity contribution >= 4 is 22.5 Å². The van der Waals surface area contributed by atoms with Crippen molar-refractivity contribution < 1.29 is 0 Å². The van der Waals surface area contributed by atoms with Crippen molar-refractivity contribution in [2.24, 2.45) is 0 Å². The molecule has 0 aliphatic rings. The number of rotatable bonds is 6. The molecule has 2 aromatic heterocycles. The third kappa shape index (κ3) is 5.76. The van der Waals surface area contributed by atoms with Gasteiger partial charge in [-0.1, -0.05) is 139 Å². The first-order valence-electron chi connectivity index (χ1n) is 15.3. The Hall–Kier alpha value is -6.04. The zero-order valence-electron chi connectivity index (χ0n) is 25.1. The maximum Gasteiger partial charge on any atom is 0.164 e. The second-order valence-electron chi connectivity index (χ2n) is 11.1. The van der Waals surface area contributed by atoms with Crippen LogP contribution in [0.15, 0.2) is 158 Å². The number of nitrogens with zero attached hydrogens (tertiary/aromatic N) is 5. The average molecular weight is 624 g/mol. The van der Waals surface area contributed by atoms with Crippen LogP contribution in [0.3, 0.4) is 0 Å². The van der Waals surface area contributed by atoms with Crippen LogP contribution in [0.5, 0.6) is 0 Å². The highest BCUT2D eigenvalue weighted by atomic mass is 35.5. The maximum atomic E-state index is 6.66. The van der Waals surface area contributed by atoms with E-state index in [-0.39, 0.29) is 0 Å². The van der Waals surface area contributed by atoms with Gasteiger partial charge in [0.1, 0.15) is 0 Å². The Kier molecular flexibility index (Phi) is 7.50. The first kappa shape index (κ1) is 28.4. The summed E-state index contributed by atoms with van der Waals surface area (Å²) in [5.41, 5.74) is 8.22. The minimum absolute atomic E-state index is 0.564. The van der Waals surface area contributed by atoms with Gasteiger partial charge in [-0.25, -0.2) is 24.9 Å². The van der Waals surface area contributed by atoms with E-state index in [4.69, 9.17) is 36.5 Å². The maximum absolute atomic E-state index is 6.66. The van der Waals surface area contributed by atoms with E-state index in [1.165, 1.54) is 0 Å². The van der Waals surface area contributed by atoms with Crippen LogP contribution in [0.1, 0.15) is 0 Å². The van der Waals surface area contributed by atoms with Gasteiger partial charge in [0.05, 0.1) is 11.2 Å². The highest BCUT2D eigenvalue weighted by Crippen LogP contribution is 2.37. The molecule has 0 bridgehead atoms. The Balaban J connectivity index is 1.30. The van der Waals surface area contributed by atoms with Gasteiger partial charge in [-0.2, -0.15) is 0 Å².